The highest BCUT2D eigenvalue weighted by Crippen LogP contribution is 2.02. The van der Waals surface area contributed by atoms with Gasteiger partial charge in [-0.15, -0.1) is 0 Å². The van der Waals surface area contributed by atoms with Gasteiger partial charge in [-0.2, -0.15) is 0 Å². The first-order valence-corrected chi connectivity index (χ1v) is 4.77. The van der Waals surface area contributed by atoms with Crippen LogP contribution in [0.3, 0.4) is 0 Å². The minimum Gasteiger partial charge on any atom is -0.394 e. The van der Waals surface area contributed by atoms with E-state index in [-0.39, 0.29) is 37.5 Å². The smallest absolute Gasteiger partial charge is 0.221 e. The molecule has 5 nitrogen and oxygen atoms in total. The van der Waals surface area contributed by atoms with Crippen LogP contribution in [0.5, 0.6) is 0 Å². The van der Waals surface area contributed by atoms with E-state index in [1.807, 2.05) is 13.8 Å². The van der Waals surface area contributed by atoms with E-state index in [1.165, 1.54) is 0 Å². The molecule has 0 rings (SSSR count). The number of aliphatic hydroxyl groups excluding tert-OH is 2. The maximum absolute atomic E-state index is 11.3. The Kier molecular flexibility index (Phi) is 6.44. The van der Waals surface area contributed by atoms with Crippen molar-refractivity contribution >= 4 is 5.91 Å². The molecule has 0 heterocycles. The van der Waals surface area contributed by atoms with Crippen LogP contribution >= 0.6 is 0 Å². The van der Waals surface area contributed by atoms with Crippen molar-refractivity contribution in [2.45, 2.75) is 32.4 Å². The third-order valence-electron chi connectivity index (χ3n) is 2.08. The summed E-state index contributed by atoms with van der Waals surface area (Å²) in [6.45, 7) is 3.35. The number of aliphatic hydroxyl groups is 2. The molecule has 5 heteroatoms. The van der Waals surface area contributed by atoms with Gasteiger partial charge in [-0.3, -0.25) is 4.79 Å². The van der Waals surface area contributed by atoms with E-state index >= 15 is 0 Å². The average Bonchev–Trinajstić information content (AvgIpc) is 2.13. The molecule has 0 saturated heterocycles. The van der Waals surface area contributed by atoms with Gasteiger partial charge < -0.3 is 21.3 Å². The number of amides is 1. The summed E-state index contributed by atoms with van der Waals surface area (Å²) in [6, 6.07) is -0.769. The van der Waals surface area contributed by atoms with Gasteiger partial charge in [0.1, 0.15) is 0 Å². The molecular weight excluding hydrogens is 184 g/mol. The molecular formula is C9H20N2O3. The standard InChI is InChI=1S/C9H20N2O3/c1-6(2)8(10)3-9(14)11-7(4-12)5-13/h6-8,12-13H,3-5,10H2,1-2H3,(H,11,14). The molecule has 0 saturated carbocycles. The van der Waals surface area contributed by atoms with Gasteiger partial charge in [-0.25, -0.2) is 0 Å². The van der Waals surface area contributed by atoms with Crippen LogP contribution in [0, 0.1) is 5.92 Å². The molecule has 14 heavy (non-hydrogen) atoms. The zero-order valence-corrected chi connectivity index (χ0v) is 8.73. The molecule has 5 N–H and O–H groups in total. The lowest BCUT2D eigenvalue weighted by molar-refractivity contribution is -0.123. The molecule has 0 aromatic carbocycles. The Morgan fingerprint density at radius 2 is 1.86 bits per heavy atom. The lowest BCUT2D eigenvalue weighted by Gasteiger charge is -2.18. The highest BCUT2D eigenvalue weighted by molar-refractivity contribution is 5.76. The fourth-order valence-electron chi connectivity index (χ4n) is 0.885. The second kappa shape index (κ2) is 6.75. The molecule has 0 radical (unpaired) electrons. The van der Waals surface area contributed by atoms with Crippen LogP contribution in [0.25, 0.3) is 0 Å². The maximum Gasteiger partial charge on any atom is 0.221 e. The van der Waals surface area contributed by atoms with Crippen molar-refractivity contribution in [3.63, 3.8) is 0 Å². The summed E-state index contributed by atoms with van der Waals surface area (Å²) in [5.74, 6) is 0.00162. The molecule has 1 atom stereocenters. The number of carbonyl (C=O) groups is 1. The van der Waals surface area contributed by atoms with Crippen molar-refractivity contribution in [3.8, 4) is 0 Å². The maximum atomic E-state index is 11.3. The van der Waals surface area contributed by atoms with Crippen molar-refractivity contribution in [3.05, 3.63) is 0 Å². The van der Waals surface area contributed by atoms with Crippen LogP contribution in [0.4, 0.5) is 0 Å². The van der Waals surface area contributed by atoms with E-state index in [1.54, 1.807) is 0 Å². The minimum atomic E-state index is -0.582. The molecule has 0 aliphatic heterocycles. The Morgan fingerprint density at radius 1 is 1.36 bits per heavy atom. The molecule has 0 aliphatic carbocycles. The van der Waals surface area contributed by atoms with Crippen LogP contribution in [0.15, 0.2) is 0 Å². The van der Waals surface area contributed by atoms with Gasteiger partial charge in [0.15, 0.2) is 0 Å². The second-order valence-corrected chi connectivity index (χ2v) is 3.74. The molecule has 0 aromatic heterocycles. The quantitative estimate of drug-likeness (QED) is 0.438. The van der Waals surface area contributed by atoms with E-state index < -0.39 is 6.04 Å². The van der Waals surface area contributed by atoms with Crippen LogP contribution in [0.2, 0.25) is 0 Å². The van der Waals surface area contributed by atoms with E-state index in [9.17, 15) is 4.79 Å². The molecule has 0 spiro atoms. The summed E-state index contributed by atoms with van der Waals surface area (Å²) in [5.41, 5.74) is 5.69. The van der Waals surface area contributed by atoms with Gasteiger partial charge in [-0.05, 0) is 5.92 Å². The molecule has 1 unspecified atom stereocenters. The average molecular weight is 204 g/mol. The lowest BCUT2D eigenvalue weighted by Crippen LogP contribution is -2.43. The fraction of sp³-hybridized carbons (Fsp3) is 0.889. The Morgan fingerprint density at radius 3 is 2.21 bits per heavy atom. The lowest BCUT2D eigenvalue weighted by atomic mass is 10.0. The van der Waals surface area contributed by atoms with Gasteiger partial charge >= 0.3 is 0 Å². The molecule has 0 fully saturated rings. The highest BCUT2D eigenvalue weighted by Gasteiger charge is 2.15. The summed E-state index contributed by atoms with van der Waals surface area (Å²) in [6.07, 6.45) is 0.216. The monoisotopic (exact) mass is 204 g/mol. The van der Waals surface area contributed by atoms with Crippen LogP contribution in [0.1, 0.15) is 20.3 Å². The van der Waals surface area contributed by atoms with Gasteiger partial charge in [0.05, 0.1) is 19.3 Å². The summed E-state index contributed by atoms with van der Waals surface area (Å²) >= 11 is 0. The Hall–Kier alpha value is -0.650. The van der Waals surface area contributed by atoms with E-state index in [4.69, 9.17) is 15.9 Å². The van der Waals surface area contributed by atoms with Gasteiger partial charge in [0.25, 0.3) is 0 Å². The first-order chi connectivity index (χ1) is 6.51. The van der Waals surface area contributed by atoms with Crippen molar-refractivity contribution in [1.29, 1.82) is 0 Å². The van der Waals surface area contributed by atoms with Crippen molar-refractivity contribution < 1.29 is 15.0 Å². The highest BCUT2D eigenvalue weighted by atomic mass is 16.3. The second-order valence-electron chi connectivity index (χ2n) is 3.74. The van der Waals surface area contributed by atoms with Gasteiger partial charge in [0.2, 0.25) is 5.91 Å². The summed E-state index contributed by atoms with van der Waals surface area (Å²) < 4.78 is 0. The molecule has 1 amide bonds. The molecule has 0 aliphatic rings. The molecule has 0 aromatic rings. The number of hydrogen-bond donors (Lipinski definition) is 4. The number of nitrogens with one attached hydrogen (secondary N) is 1. The number of carbonyl (C=O) groups excluding carboxylic acids is 1. The predicted octanol–water partition coefficient (Wildman–Crippen LogP) is -1.17. The Balaban J connectivity index is 3.85. The SMILES string of the molecule is CC(C)C(N)CC(=O)NC(CO)CO. The number of rotatable bonds is 6. The summed E-state index contributed by atoms with van der Waals surface area (Å²) in [7, 11) is 0. The Bertz CT molecular complexity index is 163. The topological polar surface area (TPSA) is 95.6 Å². The normalized spacial score (nSPS) is 13.4. The van der Waals surface area contributed by atoms with Crippen molar-refractivity contribution in [2.75, 3.05) is 13.2 Å². The molecule has 0 bridgehead atoms. The first kappa shape index (κ1) is 13.4. The van der Waals surface area contributed by atoms with E-state index in [0.29, 0.717) is 0 Å². The van der Waals surface area contributed by atoms with Gasteiger partial charge in [0, 0.05) is 12.5 Å². The van der Waals surface area contributed by atoms with Crippen LogP contribution < -0.4 is 11.1 Å². The van der Waals surface area contributed by atoms with Crippen LogP contribution in [-0.2, 0) is 4.79 Å². The van der Waals surface area contributed by atoms with Crippen LogP contribution in [-0.4, -0.2) is 41.4 Å². The summed E-state index contributed by atoms with van der Waals surface area (Å²) in [5, 5.41) is 19.9. The largest absolute Gasteiger partial charge is 0.394 e. The third-order valence-corrected chi connectivity index (χ3v) is 2.08. The third kappa shape index (κ3) is 5.16. The summed E-state index contributed by atoms with van der Waals surface area (Å²) in [4.78, 5) is 11.3. The predicted molar refractivity (Wildman–Crippen MR) is 53.5 cm³/mol. The van der Waals surface area contributed by atoms with Crippen molar-refractivity contribution in [2.24, 2.45) is 11.7 Å². The number of nitrogens with two attached hydrogens (primary N) is 1. The van der Waals surface area contributed by atoms with E-state index in [2.05, 4.69) is 5.32 Å². The zero-order valence-electron chi connectivity index (χ0n) is 8.73. The van der Waals surface area contributed by atoms with E-state index in [0.717, 1.165) is 0 Å². The Labute approximate surface area is 84.3 Å². The molecule has 84 valence electrons. The first-order valence-electron chi connectivity index (χ1n) is 4.77. The minimum absolute atomic E-state index is 0.187. The number of hydrogen-bond acceptors (Lipinski definition) is 4. The fourth-order valence-corrected chi connectivity index (χ4v) is 0.885. The van der Waals surface area contributed by atoms with Gasteiger partial charge in [-0.1, -0.05) is 13.8 Å². The zero-order chi connectivity index (χ0) is 11.1. The van der Waals surface area contributed by atoms with Crippen molar-refractivity contribution in [1.82, 2.24) is 5.32 Å².